The number of aromatic nitrogens is 4. The molecule has 0 N–H and O–H groups in total. The highest BCUT2D eigenvalue weighted by atomic mass is 19.4. The third-order valence-corrected chi connectivity index (χ3v) is 5.32. The van der Waals surface area contributed by atoms with Crippen LogP contribution < -0.4 is 4.90 Å². The number of anilines is 1. The zero-order chi connectivity index (χ0) is 21.0. The van der Waals surface area contributed by atoms with Gasteiger partial charge in [-0.1, -0.05) is 6.07 Å². The molecule has 0 fully saturated rings. The van der Waals surface area contributed by atoms with Crippen LogP contribution >= 0.6 is 0 Å². The van der Waals surface area contributed by atoms with Crippen molar-refractivity contribution in [3.05, 3.63) is 72.3 Å². The largest absolute Gasteiger partial charge is 0.416 e. The minimum atomic E-state index is -4.42. The van der Waals surface area contributed by atoms with Crippen LogP contribution in [0.5, 0.6) is 0 Å². The normalized spacial score (nSPS) is 16.9. The van der Waals surface area contributed by atoms with Gasteiger partial charge in [0.1, 0.15) is 5.69 Å². The van der Waals surface area contributed by atoms with Crippen molar-refractivity contribution in [1.82, 2.24) is 19.4 Å². The van der Waals surface area contributed by atoms with Crippen LogP contribution in [0.4, 0.5) is 18.9 Å². The summed E-state index contributed by atoms with van der Waals surface area (Å²) in [7, 11) is 0. The van der Waals surface area contributed by atoms with Crippen molar-refractivity contribution in [1.29, 1.82) is 0 Å². The molecule has 6 nitrogen and oxygen atoms in total. The molecule has 1 aliphatic rings. The smallest absolute Gasteiger partial charge is 0.305 e. The lowest BCUT2D eigenvalue weighted by atomic mass is 10.0. The van der Waals surface area contributed by atoms with Crippen molar-refractivity contribution >= 4 is 17.1 Å². The molecule has 152 valence electrons. The third-order valence-electron chi connectivity index (χ3n) is 5.32. The summed E-state index contributed by atoms with van der Waals surface area (Å²) in [5.41, 5.74) is 2.43. The van der Waals surface area contributed by atoms with E-state index in [1.54, 1.807) is 21.6 Å². The molecule has 0 saturated carbocycles. The number of nitrogens with zero attached hydrogens (tertiary/aromatic N) is 5. The molecular formula is C21H16F3N5O. The fourth-order valence-electron chi connectivity index (χ4n) is 3.80. The highest BCUT2D eigenvalue weighted by molar-refractivity contribution is 6.09. The zero-order valence-corrected chi connectivity index (χ0v) is 15.8. The van der Waals surface area contributed by atoms with Gasteiger partial charge in [-0.25, -0.2) is 4.52 Å². The first-order valence-corrected chi connectivity index (χ1v) is 9.33. The molecule has 0 unspecified atom stereocenters. The van der Waals surface area contributed by atoms with Crippen molar-refractivity contribution in [2.75, 3.05) is 11.4 Å². The van der Waals surface area contributed by atoms with Gasteiger partial charge in [-0.2, -0.15) is 23.4 Å². The summed E-state index contributed by atoms with van der Waals surface area (Å²) in [6.45, 7) is 2.23. The number of fused-ring (bicyclic) bond motifs is 2. The Labute approximate surface area is 169 Å². The quantitative estimate of drug-likeness (QED) is 0.490. The number of halogens is 3. The number of benzene rings is 1. The van der Waals surface area contributed by atoms with E-state index in [0.29, 0.717) is 23.5 Å². The first-order valence-electron chi connectivity index (χ1n) is 9.33. The van der Waals surface area contributed by atoms with Crippen LogP contribution in [0.3, 0.4) is 0 Å². The van der Waals surface area contributed by atoms with Crippen LogP contribution in [0, 0.1) is 0 Å². The van der Waals surface area contributed by atoms with Crippen LogP contribution in [0.25, 0.3) is 16.6 Å². The molecular weight excluding hydrogens is 395 g/mol. The molecule has 0 bridgehead atoms. The molecule has 0 aliphatic carbocycles. The molecule has 0 spiro atoms. The van der Waals surface area contributed by atoms with Gasteiger partial charge in [0.2, 0.25) is 0 Å². The summed E-state index contributed by atoms with van der Waals surface area (Å²) in [4.78, 5) is 14.8. The summed E-state index contributed by atoms with van der Waals surface area (Å²) < 4.78 is 42.0. The van der Waals surface area contributed by atoms with E-state index in [1.807, 2.05) is 31.3 Å². The Kier molecular flexibility index (Phi) is 3.96. The second-order valence-corrected chi connectivity index (χ2v) is 7.28. The second kappa shape index (κ2) is 6.45. The van der Waals surface area contributed by atoms with E-state index in [2.05, 4.69) is 10.2 Å². The fourth-order valence-corrected chi connectivity index (χ4v) is 3.80. The topological polar surface area (TPSA) is 55.4 Å². The number of amides is 1. The van der Waals surface area contributed by atoms with E-state index >= 15 is 0 Å². The minimum absolute atomic E-state index is 0.137. The van der Waals surface area contributed by atoms with Crippen LogP contribution in [0.2, 0.25) is 0 Å². The Bertz CT molecular complexity index is 1260. The Morgan fingerprint density at radius 2 is 1.80 bits per heavy atom. The summed E-state index contributed by atoms with van der Waals surface area (Å²) >= 11 is 0. The van der Waals surface area contributed by atoms with E-state index in [4.69, 9.17) is 0 Å². The summed E-state index contributed by atoms with van der Waals surface area (Å²) in [5, 5.41) is 8.63. The summed E-state index contributed by atoms with van der Waals surface area (Å²) in [6.07, 6.45) is 0.730. The lowest BCUT2D eigenvalue weighted by molar-refractivity contribution is -0.137. The molecule has 4 heterocycles. The van der Waals surface area contributed by atoms with Gasteiger partial charge in [-0.05, 0) is 43.3 Å². The maximum atomic E-state index is 13.3. The predicted octanol–water partition coefficient (Wildman–Crippen LogP) is 4.44. The Morgan fingerprint density at radius 1 is 1.03 bits per heavy atom. The van der Waals surface area contributed by atoms with Crippen molar-refractivity contribution in [3.63, 3.8) is 0 Å². The molecule has 1 aromatic carbocycles. The number of hydrogen-bond donors (Lipinski definition) is 0. The van der Waals surface area contributed by atoms with Gasteiger partial charge in [0.05, 0.1) is 23.3 Å². The SMILES string of the molecule is C[C@H]1CN(c2ccc(C(F)(F)F)cc2)C(=O)c2c(-c3ccc4ccnn4c3)cnn21. The van der Waals surface area contributed by atoms with E-state index < -0.39 is 11.7 Å². The first kappa shape index (κ1) is 18.4. The summed E-state index contributed by atoms with van der Waals surface area (Å²) in [5.74, 6) is -0.305. The van der Waals surface area contributed by atoms with Crippen LogP contribution in [0.1, 0.15) is 29.0 Å². The van der Waals surface area contributed by atoms with E-state index in [-0.39, 0.29) is 11.9 Å². The molecule has 4 aromatic rings. The summed E-state index contributed by atoms with van der Waals surface area (Å²) in [6, 6.07) is 10.2. The number of carbonyl (C=O) groups is 1. The van der Waals surface area contributed by atoms with Crippen molar-refractivity contribution in [2.24, 2.45) is 0 Å². The number of rotatable bonds is 2. The third kappa shape index (κ3) is 2.85. The molecule has 1 atom stereocenters. The molecule has 1 amide bonds. The van der Waals surface area contributed by atoms with E-state index in [0.717, 1.165) is 23.2 Å². The van der Waals surface area contributed by atoms with Crippen LogP contribution in [0.15, 0.2) is 61.1 Å². The van der Waals surface area contributed by atoms with E-state index in [9.17, 15) is 18.0 Å². The molecule has 9 heteroatoms. The molecule has 0 saturated heterocycles. The Balaban J connectivity index is 1.56. The van der Waals surface area contributed by atoms with Gasteiger partial charge in [0, 0.05) is 35.8 Å². The highest BCUT2D eigenvalue weighted by Crippen LogP contribution is 2.34. The molecule has 5 rings (SSSR count). The monoisotopic (exact) mass is 411 g/mol. The molecule has 30 heavy (non-hydrogen) atoms. The maximum absolute atomic E-state index is 13.3. The average Bonchev–Trinajstić information content (AvgIpc) is 3.37. The van der Waals surface area contributed by atoms with Gasteiger partial charge in [-0.15, -0.1) is 0 Å². The first-order chi connectivity index (χ1) is 14.3. The van der Waals surface area contributed by atoms with Gasteiger partial charge in [0.15, 0.2) is 0 Å². The van der Waals surface area contributed by atoms with Crippen LogP contribution in [-0.2, 0) is 6.18 Å². The Morgan fingerprint density at radius 3 is 2.53 bits per heavy atom. The molecule has 0 radical (unpaired) electrons. The fraction of sp³-hybridized carbons (Fsp3) is 0.190. The van der Waals surface area contributed by atoms with Gasteiger partial charge >= 0.3 is 6.18 Å². The van der Waals surface area contributed by atoms with Crippen molar-refractivity contribution in [2.45, 2.75) is 19.1 Å². The number of pyridine rings is 1. The van der Waals surface area contributed by atoms with Crippen molar-refractivity contribution < 1.29 is 18.0 Å². The van der Waals surface area contributed by atoms with Crippen LogP contribution in [-0.4, -0.2) is 31.8 Å². The second-order valence-electron chi connectivity index (χ2n) is 7.28. The molecule has 3 aromatic heterocycles. The zero-order valence-electron chi connectivity index (χ0n) is 15.8. The minimum Gasteiger partial charge on any atom is -0.305 e. The standard InChI is InChI=1S/C21H16F3N5O/c1-13-11-27(16-6-3-15(4-7-16)21(22,23)24)20(30)19-18(10-26-29(13)19)14-2-5-17-8-9-25-28(17)12-14/h2-10,12-13H,11H2,1H3/t13-/m0/s1. The van der Waals surface area contributed by atoms with Gasteiger partial charge < -0.3 is 4.90 Å². The Hall–Kier alpha value is -3.62. The van der Waals surface area contributed by atoms with E-state index in [1.165, 1.54) is 17.0 Å². The predicted molar refractivity (Wildman–Crippen MR) is 104 cm³/mol. The van der Waals surface area contributed by atoms with Crippen molar-refractivity contribution in [3.8, 4) is 11.1 Å². The lowest BCUT2D eigenvalue weighted by Gasteiger charge is -2.32. The molecule has 1 aliphatic heterocycles. The number of carbonyl (C=O) groups excluding carboxylic acids is 1. The number of hydrogen-bond acceptors (Lipinski definition) is 3. The van der Waals surface area contributed by atoms with Gasteiger partial charge in [-0.3, -0.25) is 9.48 Å². The average molecular weight is 411 g/mol. The maximum Gasteiger partial charge on any atom is 0.416 e. The number of alkyl halides is 3. The lowest BCUT2D eigenvalue weighted by Crippen LogP contribution is -2.42. The van der Waals surface area contributed by atoms with Gasteiger partial charge in [0.25, 0.3) is 5.91 Å². The highest BCUT2D eigenvalue weighted by Gasteiger charge is 2.35.